The Hall–Kier alpha value is -2.34. The van der Waals surface area contributed by atoms with E-state index in [0.29, 0.717) is 13.0 Å². The summed E-state index contributed by atoms with van der Waals surface area (Å²) in [6.07, 6.45) is 0.428. The third-order valence-electron chi connectivity index (χ3n) is 3.02. The number of nitriles is 1. The minimum atomic E-state index is -0.206. The van der Waals surface area contributed by atoms with E-state index in [1.54, 1.807) is 6.07 Å². The molecule has 0 atom stereocenters. The number of hydrogen-bond acceptors (Lipinski definition) is 2. The Bertz CT molecular complexity index is 597. The molecule has 0 aliphatic carbocycles. The number of benzene rings is 2. The van der Waals surface area contributed by atoms with Crippen molar-refractivity contribution >= 4 is 5.69 Å². The fourth-order valence-electron chi connectivity index (χ4n) is 1.89. The van der Waals surface area contributed by atoms with Gasteiger partial charge < -0.3 is 5.32 Å². The summed E-state index contributed by atoms with van der Waals surface area (Å²) in [5.74, 6) is -0.206. The maximum absolute atomic E-state index is 13.0. The first-order valence-corrected chi connectivity index (χ1v) is 6.14. The van der Waals surface area contributed by atoms with E-state index in [2.05, 4.69) is 11.4 Å². The molecule has 2 rings (SSSR count). The molecule has 0 radical (unpaired) electrons. The third-order valence-corrected chi connectivity index (χ3v) is 3.02. The predicted molar refractivity (Wildman–Crippen MR) is 74.2 cm³/mol. The minimum absolute atomic E-state index is 0.206. The SMILES string of the molecule is Cc1cc(F)ccc1CNc1ccc(CC#N)cc1. The molecule has 0 aliphatic rings. The lowest BCUT2D eigenvalue weighted by molar-refractivity contribution is 0.625. The van der Waals surface area contributed by atoms with Gasteiger partial charge in [-0.15, -0.1) is 0 Å². The second-order valence-corrected chi connectivity index (χ2v) is 4.46. The summed E-state index contributed by atoms with van der Waals surface area (Å²) in [6.45, 7) is 2.56. The molecule has 0 heterocycles. The highest BCUT2D eigenvalue weighted by Crippen LogP contribution is 2.14. The van der Waals surface area contributed by atoms with E-state index >= 15 is 0 Å². The van der Waals surface area contributed by atoms with E-state index in [1.165, 1.54) is 12.1 Å². The molecular weight excluding hydrogens is 239 g/mol. The van der Waals surface area contributed by atoms with Crippen molar-refractivity contribution < 1.29 is 4.39 Å². The highest BCUT2D eigenvalue weighted by molar-refractivity contribution is 5.46. The zero-order chi connectivity index (χ0) is 13.7. The number of nitrogens with one attached hydrogen (secondary N) is 1. The van der Waals surface area contributed by atoms with Gasteiger partial charge >= 0.3 is 0 Å². The zero-order valence-corrected chi connectivity index (χ0v) is 10.8. The zero-order valence-electron chi connectivity index (χ0n) is 10.8. The lowest BCUT2D eigenvalue weighted by Gasteiger charge is -2.09. The normalized spacial score (nSPS) is 9.95. The second kappa shape index (κ2) is 6.01. The number of nitrogens with zero attached hydrogens (tertiary/aromatic N) is 1. The number of rotatable bonds is 4. The molecule has 0 unspecified atom stereocenters. The maximum Gasteiger partial charge on any atom is 0.123 e. The van der Waals surface area contributed by atoms with Gasteiger partial charge in [-0.05, 0) is 47.9 Å². The van der Waals surface area contributed by atoms with Crippen LogP contribution in [0.1, 0.15) is 16.7 Å². The van der Waals surface area contributed by atoms with Crippen LogP contribution < -0.4 is 5.32 Å². The van der Waals surface area contributed by atoms with Crippen LogP contribution in [0.15, 0.2) is 42.5 Å². The van der Waals surface area contributed by atoms with Crippen LogP contribution in [0.5, 0.6) is 0 Å². The fraction of sp³-hybridized carbons (Fsp3) is 0.188. The summed E-state index contributed by atoms with van der Waals surface area (Å²) in [4.78, 5) is 0. The van der Waals surface area contributed by atoms with Crippen LogP contribution in [0.4, 0.5) is 10.1 Å². The van der Waals surface area contributed by atoms with Gasteiger partial charge in [-0.25, -0.2) is 4.39 Å². The molecule has 2 aromatic rings. The molecule has 96 valence electrons. The van der Waals surface area contributed by atoms with Crippen LogP contribution >= 0.6 is 0 Å². The molecule has 0 amide bonds. The summed E-state index contributed by atoms with van der Waals surface area (Å²) in [7, 11) is 0. The average molecular weight is 254 g/mol. The van der Waals surface area contributed by atoms with Crippen LogP contribution in [0.3, 0.4) is 0 Å². The van der Waals surface area contributed by atoms with Gasteiger partial charge in [0.1, 0.15) is 5.82 Å². The van der Waals surface area contributed by atoms with Crippen molar-refractivity contribution in [2.24, 2.45) is 0 Å². The minimum Gasteiger partial charge on any atom is -0.381 e. The Morgan fingerprint density at radius 2 is 1.89 bits per heavy atom. The third kappa shape index (κ3) is 3.56. The van der Waals surface area contributed by atoms with E-state index in [-0.39, 0.29) is 5.82 Å². The fourth-order valence-corrected chi connectivity index (χ4v) is 1.89. The first kappa shape index (κ1) is 13.1. The van der Waals surface area contributed by atoms with Crippen LogP contribution in [-0.2, 0) is 13.0 Å². The molecule has 1 N–H and O–H groups in total. The summed E-state index contributed by atoms with van der Waals surface area (Å²) < 4.78 is 13.0. The molecule has 0 aromatic heterocycles. The molecule has 0 bridgehead atoms. The van der Waals surface area contributed by atoms with Gasteiger partial charge in [0.25, 0.3) is 0 Å². The lowest BCUT2D eigenvalue weighted by Crippen LogP contribution is -2.01. The molecule has 0 saturated heterocycles. The van der Waals surface area contributed by atoms with Crippen molar-refractivity contribution in [2.45, 2.75) is 19.9 Å². The van der Waals surface area contributed by atoms with Crippen molar-refractivity contribution in [3.63, 3.8) is 0 Å². The Morgan fingerprint density at radius 3 is 2.53 bits per heavy atom. The van der Waals surface area contributed by atoms with Gasteiger partial charge in [0.05, 0.1) is 12.5 Å². The molecule has 2 nitrogen and oxygen atoms in total. The van der Waals surface area contributed by atoms with Gasteiger partial charge in [0.2, 0.25) is 0 Å². The van der Waals surface area contributed by atoms with Gasteiger partial charge in [-0.2, -0.15) is 5.26 Å². The van der Waals surface area contributed by atoms with E-state index in [0.717, 1.165) is 22.4 Å². The van der Waals surface area contributed by atoms with Crippen molar-refractivity contribution in [3.05, 3.63) is 65.0 Å². The lowest BCUT2D eigenvalue weighted by atomic mass is 10.1. The first-order valence-electron chi connectivity index (χ1n) is 6.14. The van der Waals surface area contributed by atoms with E-state index < -0.39 is 0 Å². The highest BCUT2D eigenvalue weighted by Gasteiger charge is 2.00. The first-order chi connectivity index (χ1) is 9.19. The number of hydrogen-bond donors (Lipinski definition) is 1. The quantitative estimate of drug-likeness (QED) is 0.900. The van der Waals surface area contributed by atoms with Gasteiger partial charge in [-0.1, -0.05) is 18.2 Å². The number of anilines is 1. The Labute approximate surface area is 112 Å². The summed E-state index contributed by atoms with van der Waals surface area (Å²) in [5, 5.41) is 11.9. The summed E-state index contributed by atoms with van der Waals surface area (Å²) >= 11 is 0. The summed E-state index contributed by atoms with van der Waals surface area (Å²) in [6, 6.07) is 14.7. The van der Waals surface area contributed by atoms with Crippen LogP contribution in [0, 0.1) is 24.1 Å². The standard InChI is InChI=1S/C16H15FN2/c1-12-10-15(17)5-4-14(12)11-19-16-6-2-13(3-7-16)8-9-18/h2-7,10,19H,8,11H2,1H3. The van der Waals surface area contributed by atoms with Crippen LogP contribution in [-0.4, -0.2) is 0 Å². The van der Waals surface area contributed by atoms with Crippen molar-refractivity contribution in [1.82, 2.24) is 0 Å². The predicted octanol–water partition coefficient (Wildman–Crippen LogP) is 3.81. The molecule has 0 spiro atoms. The smallest absolute Gasteiger partial charge is 0.123 e. The molecule has 0 fully saturated rings. The largest absolute Gasteiger partial charge is 0.381 e. The van der Waals surface area contributed by atoms with Crippen molar-refractivity contribution in [3.8, 4) is 6.07 Å². The van der Waals surface area contributed by atoms with Gasteiger partial charge in [0.15, 0.2) is 0 Å². The topological polar surface area (TPSA) is 35.8 Å². The second-order valence-electron chi connectivity index (χ2n) is 4.46. The maximum atomic E-state index is 13.0. The van der Waals surface area contributed by atoms with Crippen LogP contribution in [0.2, 0.25) is 0 Å². The Balaban J connectivity index is 2.00. The Morgan fingerprint density at radius 1 is 1.16 bits per heavy atom. The van der Waals surface area contributed by atoms with Crippen molar-refractivity contribution in [1.29, 1.82) is 5.26 Å². The van der Waals surface area contributed by atoms with E-state index in [9.17, 15) is 4.39 Å². The average Bonchev–Trinajstić information content (AvgIpc) is 2.40. The Kier molecular flexibility index (Phi) is 4.15. The molecule has 2 aromatic carbocycles. The monoisotopic (exact) mass is 254 g/mol. The van der Waals surface area contributed by atoms with E-state index in [1.807, 2.05) is 31.2 Å². The number of aryl methyl sites for hydroxylation is 1. The molecule has 0 aliphatic heterocycles. The highest BCUT2D eigenvalue weighted by atomic mass is 19.1. The summed E-state index contributed by atoms with van der Waals surface area (Å²) in [5.41, 5.74) is 4.01. The van der Waals surface area contributed by atoms with E-state index in [4.69, 9.17) is 5.26 Å². The van der Waals surface area contributed by atoms with Crippen molar-refractivity contribution in [2.75, 3.05) is 5.32 Å². The van der Waals surface area contributed by atoms with Gasteiger partial charge in [0, 0.05) is 12.2 Å². The number of halogens is 1. The van der Waals surface area contributed by atoms with Gasteiger partial charge in [-0.3, -0.25) is 0 Å². The molecule has 0 saturated carbocycles. The molecule has 19 heavy (non-hydrogen) atoms. The van der Waals surface area contributed by atoms with Crippen LogP contribution in [0.25, 0.3) is 0 Å². The molecule has 3 heteroatoms. The molecular formula is C16H15FN2.